The van der Waals surface area contributed by atoms with E-state index < -0.39 is 23.4 Å². The lowest BCUT2D eigenvalue weighted by Crippen LogP contribution is -2.16. The van der Waals surface area contributed by atoms with Crippen LogP contribution in [-0.4, -0.2) is 17.6 Å². The van der Waals surface area contributed by atoms with Crippen LogP contribution in [0.15, 0.2) is 54.1 Å². The molecule has 134 valence electrons. The largest absolute Gasteiger partial charge is 0.323 e. The molecule has 0 aliphatic carbocycles. The average Bonchev–Trinajstić information content (AvgIpc) is 2.58. The maximum absolute atomic E-state index is 13.1. The molecule has 0 unspecified atom stereocenters. The molecule has 2 amide bonds. The number of anilines is 2. The van der Waals surface area contributed by atoms with Crippen LogP contribution in [0.1, 0.15) is 24.2 Å². The van der Waals surface area contributed by atoms with Gasteiger partial charge in [-0.1, -0.05) is 0 Å². The normalized spacial score (nSPS) is 11.0. The second-order valence-corrected chi connectivity index (χ2v) is 5.53. The van der Waals surface area contributed by atoms with Crippen LogP contribution in [0.5, 0.6) is 0 Å². The van der Waals surface area contributed by atoms with Crippen molar-refractivity contribution in [3.8, 4) is 0 Å². The second kappa shape index (κ2) is 8.15. The predicted octanol–water partition coefficient (Wildman–Crippen LogP) is 3.69. The zero-order valence-electron chi connectivity index (χ0n) is 14.1. The van der Waals surface area contributed by atoms with E-state index in [0.29, 0.717) is 11.3 Å². The lowest BCUT2D eigenvalue weighted by atomic mass is 10.1. The average molecular weight is 358 g/mol. The predicted molar refractivity (Wildman–Crippen MR) is 93.8 cm³/mol. The fourth-order valence-corrected chi connectivity index (χ4v) is 2.03. The molecule has 0 fully saturated rings. The number of benzene rings is 2. The quantitative estimate of drug-likeness (QED) is 0.632. The van der Waals surface area contributed by atoms with Crippen molar-refractivity contribution >= 4 is 29.0 Å². The third-order valence-corrected chi connectivity index (χ3v) is 3.44. The summed E-state index contributed by atoms with van der Waals surface area (Å²) in [4.78, 5) is 35.2. The minimum Gasteiger partial charge on any atom is -0.323 e. The van der Waals surface area contributed by atoms with E-state index in [1.165, 1.54) is 19.9 Å². The number of carbonyl (C=O) groups is 3. The summed E-state index contributed by atoms with van der Waals surface area (Å²) in [6, 6.07) is 9.23. The van der Waals surface area contributed by atoms with Crippen molar-refractivity contribution in [1.82, 2.24) is 0 Å². The van der Waals surface area contributed by atoms with Gasteiger partial charge in [0.2, 0.25) is 5.91 Å². The molecule has 0 saturated carbocycles. The number of amides is 2. The van der Waals surface area contributed by atoms with Crippen molar-refractivity contribution in [2.45, 2.75) is 13.8 Å². The van der Waals surface area contributed by atoms with Crippen LogP contribution < -0.4 is 10.6 Å². The van der Waals surface area contributed by atoms with Crippen LogP contribution in [0.4, 0.5) is 20.2 Å². The van der Waals surface area contributed by atoms with Crippen molar-refractivity contribution < 1.29 is 23.2 Å². The van der Waals surface area contributed by atoms with Crippen LogP contribution in [0.2, 0.25) is 0 Å². The van der Waals surface area contributed by atoms with Crippen LogP contribution in [-0.2, 0) is 9.59 Å². The van der Waals surface area contributed by atoms with Gasteiger partial charge >= 0.3 is 0 Å². The maximum atomic E-state index is 13.1. The minimum atomic E-state index is -1.09. The highest BCUT2D eigenvalue weighted by Crippen LogP contribution is 2.14. The highest BCUT2D eigenvalue weighted by molar-refractivity contribution is 6.10. The van der Waals surface area contributed by atoms with Crippen LogP contribution in [0.3, 0.4) is 0 Å². The molecule has 0 atom stereocenters. The van der Waals surface area contributed by atoms with Gasteiger partial charge in [0, 0.05) is 34.7 Å². The van der Waals surface area contributed by atoms with Crippen molar-refractivity contribution in [1.29, 1.82) is 0 Å². The van der Waals surface area contributed by atoms with Gasteiger partial charge in [-0.05, 0) is 50.2 Å². The Morgan fingerprint density at radius 3 is 2.04 bits per heavy atom. The summed E-state index contributed by atoms with van der Waals surface area (Å²) in [5.74, 6) is -3.37. The molecule has 0 aromatic heterocycles. The zero-order valence-corrected chi connectivity index (χ0v) is 14.1. The van der Waals surface area contributed by atoms with Crippen LogP contribution >= 0.6 is 0 Å². The molecule has 7 heteroatoms. The molecule has 0 spiro atoms. The van der Waals surface area contributed by atoms with E-state index in [1.54, 1.807) is 24.3 Å². The first kappa shape index (κ1) is 19.0. The molecule has 0 aliphatic heterocycles. The molecule has 5 nitrogen and oxygen atoms in total. The van der Waals surface area contributed by atoms with Crippen molar-refractivity contribution in [2.24, 2.45) is 0 Å². The van der Waals surface area contributed by atoms with Crippen LogP contribution in [0, 0.1) is 11.6 Å². The van der Waals surface area contributed by atoms with Crippen molar-refractivity contribution in [3.63, 3.8) is 0 Å². The highest BCUT2D eigenvalue weighted by atomic mass is 19.2. The number of carbonyl (C=O) groups excluding carboxylic acids is 3. The number of hydrogen-bond donors (Lipinski definition) is 2. The Morgan fingerprint density at radius 2 is 1.46 bits per heavy atom. The third-order valence-electron chi connectivity index (χ3n) is 3.44. The molecule has 2 aromatic carbocycles. The lowest BCUT2D eigenvalue weighted by molar-refractivity contribution is -0.114. The standard InChI is InChI=1S/C19H16F2N2O3/c1-11(19(26)23-15-7-8-16(20)17(21)10-15)9-18(25)22-14-5-3-13(4-6-14)12(2)24/h3-10H,1-2H3,(H,22,25)(H,23,26)/b11-9-. The Kier molecular flexibility index (Phi) is 5.95. The van der Waals surface area contributed by atoms with Gasteiger partial charge in [-0.15, -0.1) is 0 Å². The highest BCUT2D eigenvalue weighted by Gasteiger charge is 2.10. The molecular formula is C19H16F2N2O3. The van der Waals surface area contributed by atoms with Gasteiger partial charge in [0.15, 0.2) is 17.4 Å². The molecular weight excluding hydrogens is 342 g/mol. The van der Waals surface area contributed by atoms with E-state index in [0.717, 1.165) is 18.2 Å². The molecule has 0 radical (unpaired) electrons. The Morgan fingerprint density at radius 1 is 0.846 bits per heavy atom. The summed E-state index contributed by atoms with van der Waals surface area (Å²) < 4.78 is 26.0. The van der Waals surface area contributed by atoms with Gasteiger partial charge in [0.05, 0.1) is 0 Å². The Hall–Kier alpha value is -3.35. The number of hydrogen-bond acceptors (Lipinski definition) is 3. The monoisotopic (exact) mass is 358 g/mol. The van der Waals surface area contributed by atoms with Gasteiger partial charge in [-0.2, -0.15) is 0 Å². The smallest absolute Gasteiger partial charge is 0.251 e. The molecule has 2 aromatic rings. The summed E-state index contributed by atoms with van der Waals surface area (Å²) in [7, 11) is 0. The maximum Gasteiger partial charge on any atom is 0.251 e. The summed E-state index contributed by atoms with van der Waals surface area (Å²) in [5, 5.41) is 4.93. The third kappa shape index (κ3) is 5.07. The summed E-state index contributed by atoms with van der Waals surface area (Å²) >= 11 is 0. The van der Waals surface area contributed by atoms with Gasteiger partial charge in [0.1, 0.15) is 0 Å². The van der Waals surface area contributed by atoms with Gasteiger partial charge in [0.25, 0.3) is 5.91 Å². The SMILES string of the molecule is CC(=O)c1ccc(NC(=O)/C=C(/C)C(=O)Nc2ccc(F)c(F)c2)cc1. The first-order valence-electron chi connectivity index (χ1n) is 7.63. The first-order chi connectivity index (χ1) is 12.3. The summed E-state index contributed by atoms with van der Waals surface area (Å²) in [5.41, 5.74) is 1.13. The van der Waals surface area contributed by atoms with E-state index in [4.69, 9.17) is 0 Å². The summed E-state index contributed by atoms with van der Waals surface area (Å²) in [6.45, 7) is 2.85. The molecule has 2 N–H and O–H groups in total. The number of Topliss-reactive ketones (excluding diaryl/α,β-unsaturated/α-hetero) is 1. The first-order valence-corrected chi connectivity index (χ1v) is 7.63. The number of halogens is 2. The van der Waals surface area contributed by atoms with E-state index in [1.807, 2.05) is 0 Å². The summed E-state index contributed by atoms with van der Waals surface area (Å²) in [6.07, 6.45) is 1.08. The van der Waals surface area contributed by atoms with Crippen molar-refractivity contribution in [3.05, 3.63) is 71.3 Å². The topological polar surface area (TPSA) is 75.3 Å². The van der Waals surface area contributed by atoms with E-state index in [9.17, 15) is 23.2 Å². The van der Waals surface area contributed by atoms with E-state index in [-0.39, 0.29) is 17.0 Å². The fraction of sp³-hybridized carbons (Fsp3) is 0.105. The minimum absolute atomic E-state index is 0.0712. The molecule has 0 bridgehead atoms. The number of ketones is 1. The molecule has 0 heterocycles. The molecule has 26 heavy (non-hydrogen) atoms. The Balaban J connectivity index is 2.00. The fourth-order valence-electron chi connectivity index (χ4n) is 2.03. The van der Waals surface area contributed by atoms with Crippen LogP contribution in [0.25, 0.3) is 0 Å². The zero-order chi connectivity index (χ0) is 19.3. The molecule has 2 rings (SSSR count). The molecule has 0 aliphatic rings. The van der Waals surface area contributed by atoms with Gasteiger partial charge < -0.3 is 10.6 Å². The molecule has 0 saturated heterocycles. The van der Waals surface area contributed by atoms with E-state index in [2.05, 4.69) is 10.6 Å². The lowest BCUT2D eigenvalue weighted by Gasteiger charge is -2.07. The second-order valence-electron chi connectivity index (χ2n) is 5.53. The number of rotatable bonds is 5. The Bertz CT molecular complexity index is 890. The Labute approximate surface area is 148 Å². The van der Waals surface area contributed by atoms with Crippen molar-refractivity contribution in [2.75, 3.05) is 10.6 Å². The number of nitrogens with one attached hydrogen (secondary N) is 2. The van der Waals surface area contributed by atoms with E-state index >= 15 is 0 Å². The van der Waals surface area contributed by atoms with Gasteiger partial charge in [-0.25, -0.2) is 8.78 Å². The van der Waals surface area contributed by atoms with Gasteiger partial charge in [-0.3, -0.25) is 14.4 Å².